The van der Waals surface area contributed by atoms with Crippen LogP contribution < -0.4 is 4.74 Å². The molecule has 0 fully saturated rings. The van der Waals surface area contributed by atoms with E-state index >= 15 is 0 Å². The molecule has 0 aliphatic rings. The van der Waals surface area contributed by atoms with E-state index in [1.807, 2.05) is 45.0 Å². The van der Waals surface area contributed by atoms with E-state index < -0.39 is 6.10 Å². The van der Waals surface area contributed by atoms with Gasteiger partial charge >= 0.3 is 0 Å². The summed E-state index contributed by atoms with van der Waals surface area (Å²) in [6.45, 7) is 6.66. The summed E-state index contributed by atoms with van der Waals surface area (Å²) < 4.78 is 6.79. The number of nitrogens with zero attached hydrogens (tertiary/aromatic N) is 1. The predicted molar refractivity (Wildman–Crippen MR) is 82.7 cm³/mol. The second-order valence-electron chi connectivity index (χ2n) is 4.88. The number of hydrogen-bond donors (Lipinski definition) is 1. The van der Waals surface area contributed by atoms with Gasteiger partial charge in [-0.05, 0) is 37.1 Å². The number of rotatable bonds is 7. The van der Waals surface area contributed by atoms with Crippen LogP contribution in [0.4, 0.5) is 0 Å². The summed E-state index contributed by atoms with van der Waals surface area (Å²) in [7, 11) is 0. The molecule has 20 heavy (non-hydrogen) atoms. The number of carbonyl (C=O) groups excluding carboxylic acids is 1. The van der Waals surface area contributed by atoms with E-state index in [2.05, 4.69) is 15.9 Å². The van der Waals surface area contributed by atoms with Crippen LogP contribution in [0, 0.1) is 5.92 Å². The Morgan fingerprint density at radius 2 is 1.95 bits per heavy atom. The average molecular weight is 344 g/mol. The molecule has 1 atom stereocenters. The topological polar surface area (TPSA) is 49.8 Å². The molecule has 0 saturated heterocycles. The minimum atomic E-state index is -0.539. The molecule has 0 spiro atoms. The Hall–Kier alpha value is -1.07. The van der Waals surface area contributed by atoms with Crippen LogP contribution in [0.1, 0.15) is 20.8 Å². The van der Waals surface area contributed by atoms with Crippen molar-refractivity contribution < 1.29 is 14.6 Å². The number of benzene rings is 1. The number of amides is 1. The molecule has 112 valence electrons. The first kappa shape index (κ1) is 17.0. The van der Waals surface area contributed by atoms with Crippen molar-refractivity contribution >= 4 is 21.8 Å². The lowest BCUT2D eigenvalue weighted by Gasteiger charge is -2.28. The molecule has 1 aromatic carbocycles. The lowest BCUT2D eigenvalue weighted by molar-refractivity contribution is -0.141. The van der Waals surface area contributed by atoms with Gasteiger partial charge in [0.1, 0.15) is 5.75 Å². The van der Waals surface area contributed by atoms with Crippen LogP contribution in [0.15, 0.2) is 28.7 Å². The van der Waals surface area contributed by atoms with Crippen molar-refractivity contribution in [1.29, 1.82) is 0 Å². The molecule has 1 N–H and O–H groups in total. The minimum Gasteiger partial charge on any atom is -0.480 e. The third kappa shape index (κ3) is 4.80. The standard InChI is InChI=1S/C15H22BrNO3/c1-4-17(9-10-18)15(19)14(11(2)3)20-13-7-5-12(16)6-8-13/h5-8,11,14,18H,4,9-10H2,1-3H3. The molecular formula is C15H22BrNO3. The molecule has 0 bridgehead atoms. The van der Waals surface area contributed by atoms with Crippen molar-refractivity contribution in [3.8, 4) is 5.75 Å². The Kier molecular flexibility index (Phi) is 7.02. The highest BCUT2D eigenvalue weighted by molar-refractivity contribution is 9.10. The van der Waals surface area contributed by atoms with Crippen LogP contribution in [-0.4, -0.2) is 41.7 Å². The van der Waals surface area contributed by atoms with Crippen LogP contribution in [0.5, 0.6) is 5.75 Å². The number of ether oxygens (including phenoxy) is 1. The van der Waals surface area contributed by atoms with Gasteiger partial charge in [0.25, 0.3) is 5.91 Å². The molecule has 1 amide bonds. The number of carbonyl (C=O) groups is 1. The second-order valence-corrected chi connectivity index (χ2v) is 5.79. The highest BCUT2D eigenvalue weighted by Crippen LogP contribution is 2.20. The monoisotopic (exact) mass is 343 g/mol. The zero-order valence-electron chi connectivity index (χ0n) is 12.2. The van der Waals surface area contributed by atoms with Gasteiger partial charge in [-0.15, -0.1) is 0 Å². The Morgan fingerprint density at radius 3 is 2.40 bits per heavy atom. The Labute approximate surface area is 128 Å². The molecule has 0 aromatic heterocycles. The summed E-state index contributed by atoms with van der Waals surface area (Å²) in [4.78, 5) is 14.1. The second kappa shape index (κ2) is 8.27. The first-order chi connectivity index (χ1) is 9.49. The molecule has 0 aliphatic heterocycles. The van der Waals surface area contributed by atoms with Crippen molar-refractivity contribution in [1.82, 2.24) is 4.90 Å². The van der Waals surface area contributed by atoms with Crippen molar-refractivity contribution in [3.63, 3.8) is 0 Å². The Bertz CT molecular complexity index is 420. The van der Waals surface area contributed by atoms with Gasteiger partial charge in [-0.2, -0.15) is 0 Å². The summed E-state index contributed by atoms with van der Waals surface area (Å²) in [6.07, 6.45) is -0.539. The van der Waals surface area contributed by atoms with Crippen LogP contribution in [0.25, 0.3) is 0 Å². The Morgan fingerprint density at radius 1 is 1.35 bits per heavy atom. The summed E-state index contributed by atoms with van der Waals surface area (Å²) in [5.74, 6) is 0.638. The number of likely N-dealkylation sites (N-methyl/N-ethyl adjacent to an activating group) is 1. The van der Waals surface area contributed by atoms with E-state index in [0.29, 0.717) is 18.8 Å². The normalized spacial score (nSPS) is 12.3. The molecule has 1 aromatic rings. The Balaban J connectivity index is 2.82. The largest absolute Gasteiger partial charge is 0.480 e. The summed E-state index contributed by atoms with van der Waals surface area (Å²) in [5, 5.41) is 9.02. The molecule has 5 heteroatoms. The maximum absolute atomic E-state index is 12.5. The van der Waals surface area contributed by atoms with Crippen molar-refractivity contribution in [3.05, 3.63) is 28.7 Å². The minimum absolute atomic E-state index is 0.0390. The highest BCUT2D eigenvalue weighted by atomic mass is 79.9. The molecule has 4 nitrogen and oxygen atoms in total. The lowest BCUT2D eigenvalue weighted by atomic mass is 10.1. The molecule has 0 heterocycles. The van der Waals surface area contributed by atoms with E-state index in [1.165, 1.54) is 0 Å². The van der Waals surface area contributed by atoms with Gasteiger partial charge < -0.3 is 14.7 Å². The molecule has 0 saturated carbocycles. The number of hydrogen-bond acceptors (Lipinski definition) is 3. The maximum atomic E-state index is 12.5. The first-order valence-corrected chi connectivity index (χ1v) is 7.60. The molecular weight excluding hydrogens is 322 g/mol. The van der Waals surface area contributed by atoms with Gasteiger partial charge in [-0.1, -0.05) is 29.8 Å². The summed E-state index contributed by atoms with van der Waals surface area (Å²) in [5.41, 5.74) is 0. The molecule has 1 unspecified atom stereocenters. The SMILES string of the molecule is CCN(CCO)C(=O)C(Oc1ccc(Br)cc1)C(C)C. The van der Waals surface area contributed by atoms with Gasteiger partial charge in [0, 0.05) is 17.6 Å². The van der Waals surface area contributed by atoms with Gasteiger partial charge in [-0.3, -0.25) is 4.79 Å². The van der Waals surface area contributed by atoms with Crippen molar-refractivity contribution in [2.24, 2.45) is 5.92 Å². The van der Waals surface area contributed by atoms with E-state index in [9.17, 15) is 4.79 Å². The summed E-state index contributed by atoms with van der Waals surface area (Å²) >= 11 is 3.37. The average Bonchev–Trinajstić information content (AvgIpc) is 2.43. The van der Waals surface area contributed by atoms with E-state index in [4.69, 9.17) is 9.84 Å². The van der Waals surface area contributed by atoms with Gasteiger partial charge in [0.2, 0.25) is 0 Å². The van der Waals surface area contributed by atoms with Gasteiger partial charge in [0.15, 0.2) is 6.10 Å². The van der Waals surface area contributed by atoms with Crippen LogP contribution in [0.2, 0.25) is 0 Å². The smallest absolute Gasteiger partial charge is 0.263 e. The predicted octanol–water partition coefficient (Wildman–Crippen LogP) is 2.69. The van der Waals surface area contributed by atoms with Crippen molar-refractivity contribution in [2.45, 2.75) is 26.9 Å². The van der Waals surface area contributed by atoms with Crippen LogP contribution in [-0.2, 0) is 4.79 Å². The maximum Gasteiger partial charge on any atom is 0.263 e. The van der Waals surface area contributed by atoms with Gasteiger partial charge in [-0.25, -0.2) is 0 Å². The highest BCUT2D eigenvalue weighted by Gasteiger charge is 2.28. The number of halogens is 1. The fourth-order valence-electron chi connectivity index (χ4n) is 1.86. The van der Waals surface area contributed by atoms with E-state index in [1.54, 1.807) is 4.90 Å². The van der Waals surface area contributed by atoms with Crippen LogP contribution >= 0.6 is 15.9 Å². The zero-order valence-corrected chi connectivity index (χ0v) is 13.8. The quantitative estimate of drug-likeness (QED) is 0.827. The summed E-state index contributed by atoms with van der Waals surface area (Å²) in [6, 6.07) is 7.41. The van der Waals surface area contributed by atoms with E-state index in [0.717, 1.165) is 4.47 Å². The lowest BCUT2D eigenvalue weighted by Crippen LogP contribution is -2.45. The number of aliphatic hydroxyl groups excluding tert-OH is 1. The number of aliphatic hydroxyl groups is 1. The first-order valence-electron chi connectivity index (χ1n) is 6.81. The third-order valence-electron chi connectivity index (χ3n) is 2.99. The zero-order chi connectivity index (χ0) is 15.1. The fraction of sp³-hybridized carbons (Fsp3) is 0.533. The van der Waals surface area contributed by atoms with Gasteiger partial charge in [0.05, 0.1) is 6.61 Å². The van der Waals surface area contributed by atoms with Crippen molar-refractivity contribution in [2.75, 3.05) is 19.7 Å². The molecule has 0 radical (unpaired) electrons. The van der Waals surface area contributed by atoms with Crippen LogP contribution in [0.3, 0.4) is 0 Å². The molecule has 1 rings (SSSR count). The van der Waals surface area contributed by atoms with E-state index in [-0.39, 0.29) is 18.4 Å². The molecule has 0 aliphatic carbocycles. The third-order valence-corrected chi connectivity index (χ3v) is 3.52. The fourth-order valence-corrected chi connectivity index (χ4v) is 2.12.